The van der Waals surface area contributed by atoms with Gasteiger partial charge in [-0.05, 0) is 35.7 Å². The molecule has 3 aromatic rings. The summed E-state index contributed by atoms with van der Waals surface area (Å²) >= 11 is 1.38. The molecule has 2 saturated heterocycles. The fourth-order valence-corrected chi connectivity index (χ4v) is 6.67. The van der Waals surface area contributed by atoms with Gasteiger partial charge < -0.3 is 30.9 Å². The van der Waals surface area contributed by atoms with Crippen molar-refractivity contribution in [3.05, 3.63) is 47.5 Å². The second kappa shape index (κ2) is 11.7. The molecule has 0 aliphatic carbocycles. The van der Waals surface area contributed by atoms with Gasteiger partial charge in [0.2, 0.25) is 11.8 Å². The highest BCUT2D eigenvalue weighted by atomic mass is 32.1. The maximum Gasteiger partial charge on any atom is 0.331 e. The van der Waals surface area contributed by atoms with E-state index in [1.807, 2.05) is 31.2 Å². The van der Waals surface area contributed by atoms with E-state index in [0.29, 0.717) is 23.1 Å². The first kappa shape index (κ1) is 28.7. The number of hydrazine groups is 1. The molecule has 2 aromatic carbocycles. The van der Waals surface area contributed by atoms with E-state index >= 15 is 0 Å². The number of nitrogen functional groups attached to an aromatic ring is 1. The Bertz CT molecular complexity index is 1590. The molecule has 13 nitrogen and oxygen atoms in total. The molecule has 226 valence electrons. The number of thiazole rings is 1. The van der Waals surface area contributed by atoms with Crippen LogP contribution in [0, 0.1) is 0 Å². The minimum Gasteiger partial charge on any atom is -0.482 e. The molecule has 0 spiro atoms. The van der Waals surface area contributed by atoms with Crippen LogP contribution >= 0.6 is 11.3 Å². The molecule has 3 aliphatic rings. The highest BCUT2D eigenvalue weighted by Crippen LogP contribution is 2.34. The summed E-state index contributed by atoms with van der Waals surface area (Å²) in [6.07, 6.45) is 1.45. The summed E-state index contributed by atoms with van der Waals surface area (Å²) in [7, 11) is 1.64. The van der Waals surface area contributed by atoms with Gasteiger partial charge in [0.25, 0.3) is 5.91 Å². The summed E-state index contributed by atoms with van der Waals surface area (Å²) in [4.78, 5) is 60.4. The lowest BCUT2D eigenvalue weighted by Crippen LogP contribution is -2.65. The first-order valence-electron chi connectivity index (χ1n) is 14.3. The first-order valence-corrected chi connectivity index (χ1v) is 15.1. The zero-order valence-corrected chi connectivity index (χ0v) is 24.9. The van der Waals surface area contributed by atoms with Crippen LogP contribution in [0.4, 0.5) is 15.6 Å². The maximum atomic E-state index is 14.2. The molecule has 0 unspecified atom stereocenters. The number of carbonyl (C=O) groups is 4. The zero-order valence-electron chi connectivity index (χ0n) is 24.0. The minimum atomic E-state index is -0.828. The van der Waals surface area contributed by atoms with Gasteiger partial charge in [-0.15, -0.1) is 0 Å². The Kier molecular flexibility index (Phi) is 7.79. The van der Waals surface area contributed by atoms with E-state index in [1.165, 1.54) is 16.3 Å². The van der Waals surface area contributed by atoms with Crippen LogP contribution in [-0.4, -0.2) is 94.1 Å². The quantitative estimate of drug-likeness (QED) is 0.329. The van der Waals surface area contributed by atoms with Gasteiger partial charge >= 0.3 is 6.03 Å². The van der Waals surface area contributed by atoms with E-state index in [-0.39, 0.29) is 56.4 Å². The van der Waals surface area contributed by atoms with Crippen molar-refractivity contribution in [2.45, 2.75) is 44.9 Å². The van der Waals surface area contributed by atoms with Gasteiger partial charge in [-0.25, -0.2) is 9.78 Å². The number of carbonyl (C=O) groups excluding carboxylic acids is 4. The fraction of sp³-hybridized carbons (Fsp3) is 0.414. The lowest BCUT2D eigenvalue weighted by atomic mass is 9.99. The van der Waals surface area contributed by atoms with Gasteiger partial charge in [-0.2, -0.15) is 5.01 Å². The van der Waals surface area contributed by atoms with Gasteiger partial charge in [0.1, 0.15) is 18.0 Å². The molecule has 2 atom stereocenters. The van der Waals surface area contributed by atoms with Crippen molar-refractivity contribution in [2.75, 3.05) is 44.3 Å². The molecule has 43 heavy (non-hydrogen) atoms. The standard InChI is InChI=1S/C29H34N8O5S/c1-3-4-10-31-29(41)34(2)36-15-25(39)37-20(12-17-8-9-21-19(11-17)32-23(38)16-42-21)27(40)35(14-24(36)37)13-18-6-5-7-22-26(18)33-28(30)43-22/h5-9,11,20,24H,3-4,10,12-16H2,1-2H3,(H2,30,33)(H,31,41)(H,32,38)/t20-,24+/m0/s1. The summed E-state index contributed by atoms with van der Waals surface area (Å²) in [6.45, 7) is 2.96. The molecule has 14 heteroatoms. The van der Waals surface area contributed by atoms with Gasteiger partial charge in [-0.1, -0.05) is 42.9 Å². The Morgan fingerprint density at radius 3 is 2.91 bits per heavy atom. The number of unbranched alkanes of at least 4 members (excludes halogenated alkanes) is 1. The molecule has 0 bridgehead atoms. The third-order valence-corrected chi connectivity index (χ3v) is 8.89. The van der Waals surface area contributed by atoms with Crippen LogP contribution in [0.5, 0.6) is 5.75 Å². The second-order valence-electron chi connectivity index (χ2n) is 10.9. The van der Waals surface area contributed by atoms with E-state index in [9.17, 15) is 19.2 Å². The van der Waals surface area contributed by atoms with Crippen LogP contribution < -0.4 is 21.1 Å². The van der Waals surface area contributed by atoms with Gasteiger partial charge in [0.15, 0.2) is 11.7 Å². The number of piperazine rings is 1. The largest absolute Gasteiger partial charge is 0.482 e. The number of anilines is 2. The van der Waals surface area contributed by atoms with Crippen LogP contribution in [0.3, 0.4) is 0 Å². The van der Waals surface area contributed by atoms with Crippen LogP contribution in [0.15, 0.2) is 36.4 Å². The van der Waals surface area contributed by atoms with Crippen LogP contribution in [-0.2, 0) is 27.3 Å². The van der Waals surface area contributed by atoms with Gasteiger partial charge in [-0.3, -0.25) is 19.4 Å². The summed E-state index contributed by atoms with van der Waals surface area (Å²) in [5, 5.41) is 9.32. The number of nitrogens with two attached hydrogens (primary N) is 1. The van der Waals surface area contributed by atoms with E-state index in [1.54, 1.807) is 34.0 Å². The predicted molar refractivity (Wildman–Crippen MR) is 161 cm³/mol. The number of nitrogens with zero attached hydrogens (tertiary/aromatic N) is 5. The molecule has 0 saturated carbocycles. The van der Waals surface area contributed by atoms with Crippen molar-refractivity contribution in [1.29, 1.82) is 0 Å². The number of rotatable bonds is 8. The lowest BCUT2D eigenvalue weighted by molar-refractivity contribution is -0.157. The van der Waals surface area contributed by atoms with Crippen LogP contribution in [0.1, 0.15) is 30.9 Å². The van der Waals surface area contributed by atoms with Crippen molar-refractivity contribution in [1.82, 2.24) is 30.1 Å². The Morgan fingerprint density at radius 1 is 1.26 bits per heavy atom. The van der Waals surface area contributed by atoms with Crippen molar-refractivity contribution < 1.29 is 23.9 Å². The number of fused-ring (bicyclic) bond motifs is 3. The predicted octanol–water partition coefficient (Wildman–Crippen LogP) is 1.99. The van der Waals surface area contributed by atoms with E-state index < -0.39 is 12.2 Å². The second-order valence-corrected chi connectivity index (χ2v) is 12.0. The molecular weight excluding hydrogens is 572 g/mol. The minimum absolute atomic E-state index is 0.0354. The number of hydrogen-bond donors (Lipinski definition) is 3. The summed E-state index contributed by atoms with van der Waals surface area (Å²) < 4.78 is 6.42. The highest BCUT2D eigenvalue weighted by Gasteiger charge is 2.51. The van der Waals surface area contributed by atoms with Gasteiger partial charge in [0, 0.05) is 26.6 Å². The van der Waals surface area contributed by atoms with Crippen molar-refractivity contribution in [3.63, 3.8) is 0 Å². The Morgan fingerprint density at radius 2 is 2.09 bits per heavy atom. The molecule has 2 fully saturated rings. The van der Waals surface area contributed by atoms with Crippen LogP contribution in [0.25, 0.3) is 10.2 Å². The third-order valence-electron chi connectivity index (χ3n) is 8.04. The summed E-state index contributed by atoms with van der Waals surface area (Å²) in [6, 6.07) is 10.0. The SMILES string of the molecule is CCCCNC(=O)N(C)N1CC(=O)N2[C@@H](Cc3ccc4c(c3)NC(=O)CO4)C(=O)N(Cc3cccc4sc(N)nc34)C[C@@H]21. The fourth-order valence-electron chi connectivity index (χ4n) is 5.89. The molecule has 3 aliphatic heterocycles. The first-order chi connectivity index (χ1) is 20.7. The highest BCUT2D eigenvalue weighted by molar-refractivity contribution is 7.22. The maximum absolute atomic E-state index is 14.2. The van der Waals surface area contributed by atoms with E-state index in [4.69, 9.17) is 10.5 Å². The molecular formula is C29H34N8O5S. The number of ether oxygens (including phenoxy) is 1. The number of benzene rings is 2. The molecule has 4 N–H and O–H groups in total. The Balaban J connectivity index is 1.32. The average molecular weight is 607 g/mol. The van der Waals surface area contributed by atoms with Crippen molar-refractivity contribution >= 4 is 56.1 Å². The third kappa shape index (κ3) is 5.55. The van der Waals surface area contributed by atoms with Crippen molar-refractivity contribution in [3.8, 4) is 5.75 Å². The number of nitrogens with one attached hydrogen (secondary N) is 2. The van der Waals surface area contributed by atoms with E-state index in [0.717, 1.165) is 34.2 Å². The molecule has 4 heterocycles. The van der Waals surface area contributed by atoms with Crippen LogP contribution in [0.2, 0.25) is 0 Å². The molecule has 6 rings (SSSR count). The summed E-state index contributed by atoms with van der Waals surface area (Å²) in [5.41, 5.74) is 8.87. The number of hydrogen-bond acceptors (Lipinski definition) is 9. The molecule has 1 aromatic heterocycles. The number of aromatic nitrogens is 1. The monoisotopic (exact) mass is 606 g/mol. The molecule has 5 amide bonds. The smallest absolute Gasteiger partial charge is 0.331 e. The Labute approximate surface area is 252 Å². The number of para-hydroxylation sites is 1. The summed E-state index contributed by atoms with van der Waals surface area (Å²) in [5.74, 6) is -0.153. The van der Waals surface area contributed by atoms with Gasteiger partial charge in [0.05, 0.1) is 29.0 Å². The normalized spacial score (nSPS) is 20.1. The average Bonchev–Trinajstić information content (AvgIpc) is 3.53. The topological polar surface area (TPSA) is 153 Å². The number of amides is 5. The lowest BCUT2D eigenvalue weighted by Gasteiger charge is -2.45. The van der Waals surface area contributed by atoms with E-state index in [2.05, 4.69) is 15.6 Å². The molecule has 0 radical (unpaired) electrons. The zero-order chi connectivity index (χ0) is 30.2. The van der Waals surface area contributed by atoms with Crippen molar-refractivity contribution in [2.24, 2.45) is 0 Å². The Hall–Kier alpha value is -4.43. The number of urea groups is 1.